The molecule has 0 aliphatic rings. The number of thiol groups is 1. The minimum Gasteiger partial charge on any atom is -0.481 e. The van der Waals surface area contributed by atoms with Gasteiger partial charge in [-0.15, -0.1) is 0 Å². The Labute approximate surface area is 176 Å². The number of aliphatic hydroxyl groups excluding tert-OH is 1. The minimum absolute atomic E-state index is 0.228. The van der Waals surface area contributed by atoms with Crippen LogP contribution in [0.25, 0.3) is 0 Å². The lowest BCUT2D eigenvalue weighted by Gasteiger charge is -2.23. The van der Waals surface area contributed by atoms with E-state index in [-0.39, 0.29) is 12.2 Å². The van der Waals surface area contributed by atoms with Gasteiger partial charge >= 0.3 is 11.9 Å². The summed E-state index contributed by atoms with van der Waals surface area (Å²) < 4.78 is 0. The van der Waals surface area contributed by atoms with Crippen molar-refractivity contribution in [2.45, 2.75) is 43.4 Å². The summed E-state index contributed by atoms with van der Waals surface area (Å²) in [5.41, 5.74) is 10.5. The van der Waals surface area contributed by atoms with Crippen LogP contribution in [-0.4, -0.2) is 87.4 Å². The summed E-state index contributed by atoms with van der Waals surface area (Å²) in [5, 5.41) is 33.1. The lowest BCUT2D eigenvalue weighted by Crippen LogP contribution is -2.58. The van der Waals surface area contributed by atoms with Crippen molar-refractivity contribution in [1.29, 1.82) is 0 Å². The van der Waals surface area contributed by atoms with Crippen molar-refractivity contribution >= 4 is 48.2 Å². The highest BCUT2D eigenvalue weighted by atomic mass is 32.1. The molecule has 0 rings (SSSR count). The zero-order valence-electron chi connectivity index (χ0n) is 15.7. The molecule has 4 unspecified atom stereocenters. The summed E-state index contributed by atoms with van der Waals surface area (Å²) in [6, 6.07) is -5.87. The molecule has 0 spiro atoms. The van der Waals surface area contributed by atoms with Crippen molar-refractivity contribution in [2.75, 3.05) is 12.4 Å². The third kappa shape index (κ3) is 10.0. The van der Waals surface area contributed by atoms with Crippen molar-refractivity contribution in [3.05, 3.63) is 0 Å². The van der Waals surface area contributed by atoms with Gasteiger partial charge < -0.3 is 42.7 Å². The van der Waals surface area contributed by atoms with Gasteiger partial charge in [-0.3, -0.25) is 24.0 Å². The maximum atomic E-state index is 12.3. The molecule has 0 heterocycles. The van der Waals surface area contributed by atoms with Crippen molar-refractivity contribution < 1.29 is 44.1 Å². The van der Waals surface area contributed by atoms with E-state index in [1.165, 1.54) is 0 Å². The van der Waals surface area contributed by atoms with E-state index < -0.39 is 79.2 Å². The summed E-state index contributed by atoms with van der Waals surface area (Å²) in [4.78, 5) is 69.2. The molecule has 15 heteroatoms. The first-order chi connectivity index (χ1) is 13.9. The van der Waals surface area contributed by atoms with Gasteiger partial charge in [-0.25, -0.2) is 4.79 Å². The molecule has 0 aromatic heterocycles. The summed E-state index contributed by atoms with van der Waals surface area (Å²) in [6.45, 7) is -0.914. The molecule has 4 atom stereocenters. The fraction of sp³-hybridized carbons (Fsp3) is 0.600. The van der Waals surface area contributed by atoms with Crippen LogP contribution in [0.4, 0.5) is 0 Å². The van der Waals surface area contributed by atoms with E-state index in [9.17, 15) is 33.9 Å². The number of carbonyl (C=O) groups excluding carboxylic acids is 4. The monoisotopic (exact) mass is 451 g/mol. The molecule has 0 saturated carbocycles. The standard InChI is InChI=1S/C15H25N5O9S/c16-6(1-2-11(23)24)12(25)19-8(4-21)14(27)18-7(3-10(17)22)13(26)20-9(5-30)15(28)29/h6-9,21,30H,1-5,16H2,(H2,17,22)(H,18,27)(H,19,25)(H,20,26)(H,23,24)(H,28,29). The highest BCUT2D eigenvalue weighted by Gasteiger charge is 2.30. The molecule has 0 aliphatic heterocycles. The Hall–Kier alpha value is -2.91. The number of carboxylic acids is 2. The second kappa shape index (κ2) is 13.3. The number of aliphatic hydroxyl groups is 1. The van der Waals surface area contributed by atoms with E-state index in [0.29, 0.717) is 0 Å². The highest BCUT2D eigenvalue weighted by Crippen LogP contribution is 1.99. The van der Waals surface area contributed by atoms with Gasteiger partial charge in [0.25, 0.3) is 0 Å². The Balaban J connectivity index is 5.14. The molecule has 170 valence electrons. The van der Waals surface area contributed by atoms with Crippen LogP contribution in [0.5, 0.6) is 0 Å². The van der Waals surface area contributed by atoms with Crippen LogP contribution < -0.4 is 27.4 Å². The van der Waals surface area contributed by atoms with E-state index in [2.05, 4.69) is 28.6 Å². The van der Waals surface area contributed by atoms with Gasteiger partial charge in [0.15, 0.2) is 0 Å². The zero-order valence-corrected chi connectivity index (χ0v) is 16.6. The smallest absolute Gasteiger partial charge is 0.327 e. The zero-order chi connectivity index (χ0) is 23.4. The van der Waals surface area contributed by atoms with Gasteiger partial charge in [-0.05, 0) is 6.42 Å². The van der Waals surface area contributed by atoms with Gasteiger partial charge in [0.2, 0.25) is 23.6 Å². The maximum Gasteiger partial charge on any atom is 0.327 e. The fourth-order valence-electron chi connectivity index (χ4n) is 2.02. The topological polar surface area (TPSA) is 251 Å². The normalized spacial score (nSPS) is 14.5. The van der Waals surface area contributed by atoms with Crippen LogP contribution in [0.1, 0.15) is 19.3 Å². The molecule has 0 aliphatic carbocycles. The van der Waals surface area contributed by atoms with Crippen LogP contribution in [0.3, 0.4) is 0 Å². The van der Waals surface area contributed by atoms with E-state index in [4.69, 9.17) is 21.7 Å². The molecule has 0 radical (unpaired) electrons. The number of rotatable bonds is 14. The van der Waals surface area contributed by atoms with E-state index in [1.807, 2.05) is 0 Å². The van der Waals surface area contributed by atoms with Gasteiger partial charge in [0.1, 0.15) is 18.1 Å². The third-order valence-electron chi connectivity index (χ3n) is 3.66. The Morgan fingerprint density at radius 1 is 0.867 bits per heavy atom. The number of hydrogen-bond donors (Lipinski definition) is 9. The van der Waals surface area contributed by atoms with Gasteiger partial charge in [-0.2, -0.15) is 12.6 Å². The molecule has 30 heavy (non-hydrogen) atoms. The maximum absolute atomic E-state index is 12.3. The van der Waals surface area contributed by atoms with Gasteiger partial charge in [0.05, 0.1) is 19.1 Å². The van der Waals surface area contributed by atoms with Crippen LogP contribution in [-0.2, 0) is 28.8 Å². The largest absolute Gasteiger partial charge is 0.481 e. The number of aliphatic carboxylic acids is 2. The number of nitrogens with one attached hydrogen (secondary N) is 3. The molecule has 0 aromatic carbocycles. The molecule has 14 nitrogen and oxygen atoms in total. The number of primary amides is 1. The first kappa shape index (κ1) is 27.1. The first-order valence-corrected chi connectivity index (χ1v) is 9.17. The predicted molar refractivity (Wildman–Crippen MR) is 103 cm³/mol. The molecular weight excluding hydrogens is 426 g/mol. The highest BCUT2D eigenvalue weighted by molar-refractivity contribution is 7.80. The second-order valence-corrected chi connectivity index (χ2v) is 6.46. The van der Waals surface area contributed by atoms with E-state index >= 15 is 0 Å². The fourth-order valence-corrected chi connectivity index (χ4v) is 2.27. The lowest BCUT2D eigenvalue weighted by atomic mass is 10.1. The van der Waals surface area contributed by atoms with Crippen molar-refractivity contribution in [3.8, 4) is 0 Å². The van der Waals surface area contributed by atoms with Crippen LogP contribution in [0.2, 0.25) is 0 Å². The van der Waals surface area contributed by atoms with E-state index in [0.717, 1.165) is 0 Å². The molecular formula is C15H25N5O9S. The number of amides is 4. The van der Waals surface area contributed by atoms with Gasteiger partial charge in [-0.1, -0.05) is 0 Å². The Kier molecular flexibility index (Phi) is 12.0. The predicted octanol–water partition coefficient (Wildman–Crippen LogP) is -4.48. The Morgan fingerprint density at radius 3 is 1.80 bits per heavy atom. The molecule has 0 fully saturated rings. The quantitative estimate of drug-likeness (QED) is 0.114. The number of carboxylic acid groups (broad SMARTS) is 2. The van der Waals surface area contributed by atoms with E-state index in [1.54, 1.807) is 0 Å². The molecule has 0 aromatic rings. The number of hydrogen-bond acceptors (Lipinski definition) is 9. The first-order valence-electron chi connectivity index (χ1n) is 8.54. The average molecular weight is 451 g/mol. The lowest BCUT2D eigenvalue weighted by molar-refractivity contribution is -0.142. The molecule has 4 amide bonds. The molecule has 0 bridgehead atoms. The number of nitrogens with two attached hydrogens (primary N) is 2. The third-order valence-corrected chi connectivity index (χ3v) is 4.02. The second-order valence-electron chi connectivity index (χ2n) is 6.10. The van der Waals surface area contributed by atoms with Crippen molar-refractivity contribution in [1.82, 2.24) is 16.0 Å². The SMILES string of the molecule is NC(=O)CC(NC(=O)C(CO)NC(=O)C(N)CCC(=O)O)C(=O)NC(CS)C(=O)O. The summed E-state index contributed by atoms with van der Waals surface area (Å²) in [6.07, 6.45) is -1.32. The summed E-state index contributed by atoms with van der Waals surface area (Å²) in [5.74, 6) is -6.92. The average Bonchev–Trinajstić information content (AvgIpc) is 2.66. The van der Waals surface area contributed by atoms with Crippen LogP contribution >= 0.6 is 12.6 Å². The van der Waals surface area contributed by atoms with Crippen LogP contribution in [0.15, 0.2) is 0 Å². The van der Waals surface area contributed by atoms with Crippen LogP contribution in [0, 0.1) is 0 Å². The summed E-state index contributed by atoms with van der Waals surface area (Å²) in [7, 11) is 0. The minimum atomic E-state index is -1.59. The molecule has 10 N–H and O–H groups in total. The Morgan fingerprint density at radius 2 is 1.37 bits per heavy atom. The van der Waals surface area contributed by atoms with Crippen molar-refractivity contribution in [3.63, 3.8) is 0 Å². The Bertz CT molecular complexity index is 675. The van der Waals surface area contributed by atoms with Crippen molar-refractivity contribution in [2.24, 2.45) is 11.5 Å². The number of carbonyl (C=O) groups is 6. The van der Waals surface area contributed by atoms with Gasteiger partial charge in [0, 0.05) is 12.2 Å². The summed E-state index contributed by atoms with van der Waals surface area (Å²) >= 11 is 3.77. The molecule has 0 saturated heterocycles.